The maximum atomic E-state index is 12.4. The van der Waals surface area contributed by atoms with E-state index >= 15 is 0 Å². The Labute approximate surface area is 68.6 Å². The summed E-state index contributed by atoms with van der Waals surface area (Å²) in [6, 6.07) is 0. The van der Waals surface area contributed by atoms with Gasteiger partial charge in [0.05, 0.1) is 0 Å². The highest BCUT2D eigenvalue weighted by molar-refractivity contribution is 7.87. The largest absolute Gasteiger partial charge is 0.366 e. The molecule has 0 aliphatic rings. The first-order chi connectivity index (χ1) is 5.19. The third kappa shape index (κ3) is 3.91. The van der Waals surface area contributed by atoms with Crippen molar-refractivity contribution < 1.29 is 25.8 Å². The summed E-state index contributed by atoms with van der Waals surface area (Å²) in [7, 11) is -4.78. The zero-order valence-electron chi connectivity index (χ0n) is 6.55. The molecule has 0 radical (unpaired) electrons. The predicted octanol–water partition coefficient (Wildman–Crippen LogP) is 1.65. The van der Waals surface area contributed by atoms with Gasteiger partial charge in [-0.05, 0) is 6.42 Å². The van der Waals surface area contributed by atoms with Gasteiger partial charge in [-0.3, -0.25) is 0 Å². The van der Waals surface area contributed by atoms with E-state index in [9.17, 15) is 21.6 Å². The molecular formula is C5H9F3O3S. The van der Waals surface area contributed by atoms with Crippen LogP contribution in [0.3, 0.4) is 0 Å². The van der Waals surface area contributed by atoms with Crippen LogP contribution in [0, 0.1) is 0 Å². The third-order valence-electron chi connectivity index (χ3n) is 0.897. The lowest BCUT2D eigenvalue weighted by Crippen LogP contribution is -2.27. The maximum absolute atomic E-state index is 12.4. The van der Waals surface area contributed by atoms with Crippen LogP contribution in [0.15, 0.2) is 0 Å². The fraction of sp³-hybridized carbons (Fsp3) is 1.00. The van der Waals surface area contributed by atoms with Crippen LogP contribution in [-0.4, -0.2) is 20.0 Å². The second kappa shape index (κ2) is 3.61. The van der Waals surface area contributed by atoms with Crippen LogP contribution in [0.4, 0.5) is 13.2 Å². The highest BCUT2D eigenvalue weighted by Crippen LogP contribution is 2.21. The van der Waals surface area contributed by atoms with Crippen LogP contribution in [0.25, 0.3) is 0 Å². The Morgan fingerprint density at radius 3 is 2.17 bits per heavy atom. The minimum absolute atomic E-state index is 0.229. The zero-order valence-corrected chi connectivity index (χ0v) is 7.37. The molecule has 7 heteroatoms. The summed E-state index contributed by atoms with van der Waals surface area (Å²) in [4.78, 5) is 0. The van der Waals surface area contributed by atoms with Crippen molar-refractivity contribution in [1.82, 2.24) is 0 Å². The summed E-state index contributed by atoms with van der Waals surface area (Å²) in [6.07, 6.45) is -4.28. The van der Waals surface area contributed by atoms with Crippen molar-refractivity contribution in [2.24, 2.45) is 0 Å². The summed E-state index contributed by atoms with van der Waals surface area (Å²) in [5.74, 6) is 0. The maximum Gasteiger partial charge on any atom is 0.366 e. The second-order valence-electron chi connectivity index (χ2n) is 2.20. The molecule has 0 aromatic heterocycles. The highest BCUT2D eigenvalue weighted by atomic mass is 32.2. The first-order valence-corrected chi connectivity index (χ1v) is 4.62. The van der Waals surface area contributed by atoms with Crippen LogP contribution >= 0.6 is 0 Å². The van der Waals surface area contributed by atoms with E-state index in [1.54, 1.807) is 0 Å². The quantitative estimate of drug-likeness (QED) is 0.657. The molecule has 12 heavy (non-hydrogen) atoms. The van der Waals surface area contributed by atoms with Crippen LogP contribution in [-0.2, 0) is 14.3 Å². The average Bonchev–Trinajstić information content (AvgIpc) is 1.80. The van der Waals surface area contributed by atoms with E-state index in [2.05, 4.69) is 4.18 Å². The molecule has 0 saturated carbocycles. The Balaban J connectivity index is 4.45. The lowest BCUT2D eigenvalue weighted by atomic mass is 10.6. The van der Waals surface area contributed by atoms with Gasteiger partial charge >= 0.3 is 16.2 Å². The van der Waals surface area contributed by atoms with Gasteiger partial charge in [0, 0.05) is 6.92 Å². The van der Waals surface area contributed by atoms with E-state index in [0.29, 0.717) is 0 Å². The zero-order chi connectivity index (χ0) is 9.99. The monoisotopic (exact) mass is 206 g/mol. The van der Waals surface area contributed by atoms with Gasteiger partial charge in [0.15, 0.2) is 0 Å². The van der Waals surface area contributed by atoms with E-state index in [0.717, 1.165) is 0 Å². The first-order valence-electron chi connectivity index (χ1n) is 3.15. The normalized spacial score (nSPS) is 16.1. The molecule has 0 aliphatic heterocycles. The molecule has 0 aromatic rings. The van der Waals surface area contributed by atoms with Gasteiger partial charge in [-0.1, -0.05) is 6.92 Å². The van der Waals surface area contributed by atoms with Crippen molar-refractivity contribution in [1.29, 1.82) is 0 Å². The van der Waals surface area contributed by atoms with Crippen LogP contribution in [0.2, 0.25) is 0 Å². The molecule has 74 valence electrons. The van der Waals surface area contributed by atoms with Crippen LogP contribution in [0.5, 0.6) is 0 Å². The molecule has 0 aliphatic carbocycles. The number of halogens is 3. The lowest BCUT2D eigenvalue weighted by Gasteiger charge is -2.12. The van der Waals surface area contributed by atoms with E-state index in [1.807, 2.05) is 0 Å². The molecule has 0 rings (SSSR count). The summed E-state index contributed by atoms with van der Waals surface area (Å²) < 4.78 is 60.5. The molecular weight excluding hydrogens is 197 g/mol. The van der Waals surface area contributed by atoms with E-state index < -0.39 is 28.2 Å². The van der Waals surface area contributed by atoms with E-state index in [4.69, 9.17) is 0 Å². The number of hydrogen-bond acceptors (Lipinski definition) is 3. The summed E-state index contributed by atoms with van der Waals surface area (Å²) in [5.41, 5.74) is -2.40. The predicted molar refractivity (Wildman–Crippen MR) is 35.8 cm³/mol. The fourth-order valence-electron chi connectivity index (χ4n) is 0.460. The van der Waals surface area contributed by atoms with Gasteiger partial charge in [0.2, 0.25) is 5.50 Å². The van der Waals surface area contributed by atoms with Crippen molar-refractivity contribution in [3.63, 3.8) is 0 Å². The molecule has 0 fully saturated rings. The van der Waals surface area contributed by atoms with Crippen LogP contribution < -0.4 is 0 Å². The first kappa shape index (κ1) is 11.7. The number of hydrogen-bond donors (Lipinski definition) is 0. The number of alkyl halides is 3. The summed E-state index contributed by atoms with van der Waals surface area (Å²) >= 11 is 0. The highest BCUT2D eigenvalue weighted by Gasteiger charge is 2.35. The van der Waals surface area contributed by atoms with E-state index in [-0.39, 0.29) is 6.92 Å². The molecule has 1 unspecified atom stereocenters. The molecule has 3 nitrogen and oxygen atoms in total. The van der Waals surface area contributed by atoms with Gasteiger partial charge in [-0.15, -0.1) is 0 Å². The van der Waals surface area contributed by atoms with Gasteiger partial charge in [-0.25, -0.2) is 4.39 Å². The minimum atomic E-state index is -4.78. The Morgan fingerprint density at radius 2 is 1.92 bits per heavy atom. The SMILES string of the molecule is CCC(F)S(=O)(=O)OC(C)(F)F. The van der Waals surface area contributed by atoms with Gasteiger partial charge < -0.3 is 0 Å². The molecule has 1 atom stereocenters. The van der Waals surface area contributed by atoms with Crippen LogP contribution in [0.1, 0.15) is 20.3 Å². The third-order valence-corrected chi connectivity index (χ3v) is 2.38. The van der Waals surface area contributed by atoms with Crippen molar-refractivity contribution in [2.75, 3.05) is 0 Å². The van der Waals surface area contributed by atoms with Crippen molar-refractivity contribution in [3.8, 4) is 0 Å². The molecule has 0 amide bonds. The smallest absolute Gasteiger partial charge is 0.227 e. The van der Waals surface area contributed by atoms with Gasteiger partial charge in [0.1, 0.15) is 0 Å². The Kier molecular flexibility index (Phi) is 3.52. The average molecular weight is 206 g/mol. The number of rotatable bonds is 4. The minimum Gasteiger partial charge on any atom is -0.227 e. The Bertz CT molecular complexity index is 231. The summed E-state index contributed by atoms with van der Waals surface area (Å²) in [5, 5.41) is 0. The van der Waals surface area contributed by atoms with Crippen molar-refractivity contribution in [2.45, 2.75) is 31.9 Å². The van der Waals surface area contributed by atoms with E-state index in [1.165, 1.54) is 6.92 Å². The van der Waals surface area contributed by atoms with Gasteiger partial charge in [0.25, 0.3) is 0 Å². The van der Waals surface area contributed by atoms with Crippen molar-refractivity contribution >= 4 is 10.1 Å². The fourth-order valence-corrected chi connectivity index (χ4v) is 1.38. The molecule has 0 bridgehead atoms. The molecule has 0 saturated heterocycles. The lowest BCUT2D eigenvalue weighted by molar-refractivity contribution is -0.156. The topological polar surface area (TPSA) is 43.4 Å². The summed E-state index contributed by atoms with van der Waals surface area (Å²) in [6.45, 7) is 1.44. The molecule has 0 N–H and O–H groups in total. The molecule has 0 heterocycles. The standard InChI is InChI=1S/C5H9F3O3S/c1-3-4(6)12(9,10)11-5(2,7)8/h4H,3H2,1-2H3. The second-order valence-corrected chi connectivity index (χ2v) is 3.87. The van der Waals surface area contributed by atoms with Crippen molar-refractivity contribution in [3.05, 3.63) is 0 Å². The molecule has 0 aromatic carbocycles. The Morgan fingerprint density at radius 1 is 1.50 bits per heavy atom. The Hall–Kier alpha value is -0.300. The van der Waals surface area contributed by atoms with Gasteiger partial charge in [-0.2, -0.15) is 21.4 Å². The molecule has 0 spiro atoms.